The van der Waals surface area contributed by atoms with Gasteiger partial charge in [0, 0.05) is 17.7 Å². The highest BCUT2D eigenvalue weighted by Gasteiger charge is 2.30. The maximum absolute atomic E-state index is 12.4. The Kier molecular flexibility index (Phi) is 6.99. The second-order valence-corrected chi connectivity index (χ2v) is 7.14. The minimum atomic E-state index is -0.266. The van der Waals surface area contributed by atoms with E-state index in [1.54, 1.807) is 20.3 Å². The topological polar surface area (TPSA) is 68.2 Å². The normalized spacial score (nSPS) is 17.0. The number of rotatable bonds is 7. The number of aromatic hydroxyl groups is 1. The van der Waals surface area contributed by atoms with Crippen molar-refractivity contribution in [3.8, 4) is 28.4 Å². The quantitative estimate of drug-likeness (QED) is 0.710. The molecule has 3 rings (SSSR count). The molecule has 0 spiro atoms. The number of hydrogen-bond donors (Lipinski definition) is 1. The fourth-order valence-corrected chi connectivity index (χ4v) is 3.82. The van der Waals surface area contributed by atoms with Gasteiger partial charge in [-0.25, -0.2) is 0 Å². The van der Waals surface area contributed by atoms with Crippen LogP contribution in [0.3, 0.4) is 0 Å². The molecule has 1 N–H and O–H groups in total. The van der Waals surface area contributed by atoms with E-state index in [9.17, 15) is 9.90 Å². The lowest BCUT2D eigenvalue weighted by Crippen LogP contribution is -2.44. The van der Waals surface area contributed by atoms with Crippen LogP contribution in [0.25, 0.3) is 11.1 Å². The van der Waals surface area contributed by atoms with Crippen molar-refractivity contribution >= 4 is 5.97 Å². The van der Waals surface area contributed by atoms with Gasteiger partial charge in [-0.2, -0.15) is 0 Å². The van der Waals surface area contributed by atoms with E-state index in [1.165, 1.54) is 0 Å². The van der Waals surface area contributed by atoms with Crippen LogP contribution in [-0.2, 0) is 16.1 Å². The summed E-state index contributed by atoms with van der Waals surface area (Å²) >= 11 is 0. The maximum atomic E-state index is 12.4. The first-order valence-corrected chi connectivity index (χ1v) is 10.0. The van der Waals surface area contributed by atoms with E-state index in [4.69, 9.17) is 14.2 Å². The smallest absolute Gasteiger partial charge is 0.323 e. The molecule has 156 valence electrons. The molecule has 0 radical (unpaired) electrons. The first kappa shape index (κ1) is 21.0. The van der Waals surface area contributed by atoms with Crippen molar-refractivity contribution < 1.29 is 24.1 Å². The molecule has 6 nitrogen and oxygen atoms in total. The summed E-state index contributed by atoms with van der Waals surface area (Å²) in [5.41, 5.74) is 2.57. The number of methoxy groups -OCH3 is 2. The molecule has 2 aromatic rings. The third-order valence-electron chi connectivity index (χ3n) is 5.34. The summed E-state index contributed by atoms with van der Waals surface area (Å²) in [5, 5.41) is 10.5. The molecule has 0 saturated carbocycles. The van der Waals surface area contributed by atoms with Crippen molar-refractivity contribution in [2.75, 3.05) is 27.4 Å². The molecule has 0 amide bonds. The van der Waals surface area contributed by atoms with Crippen molar-refractivity contribution in [2.24, 2.45) is 0 Å². The molecule has 1 heterocycles. The Hall–Kier alpha value is -2.73. The van der Waals surface area contributed by atoms with Gasteiger partial charge in [0.05, 0.1) is 20.8 Å². The Morgan fingerprint density at radius 1 is 1.14 bits per heavy atom. The van der Waals surface area contributed by atoms with Crippen LogP contribution in [0.2, 0.25) is 0 Å². The molecule has 1 fully saturated rings. The van der Waals surface area contributed by atoms with E-state index < -0.39 is 0 Å². The van der Waals surface area contributed by atoms with Gasteiger partial charge >= 0.3 is 5.97 Å². The van der Waals surface area contributed by atoms with Crippen molar-refractivity contribution in [3.05, 3.63) is 42.0 Å². The van der Waals surface area contributed by atoms with Gasteiger partial charge in [0.15, 0.2) is 0 Å². The van der Waals surface area contributed by atoms with Crippen LogP contribution in [-0.4, -0.2) is 49.4 Å². The lowest BCUT2D eigenvalue weighted by molar-refractivity contribution is -0.151. The predicted octanol–water partition coefficient (Wildman–Crippen LogP) is 3.99. The van der Waals surface area contributed by atoms with Gasteiger partial charge < -0.3 is 19.3 Å². The number of nitrogens with zero attached hydrogens (tertiary/aromatic N) is 1. The monoisotopic (exact) mass is 399 g/mol. The third kappa shape index (κ3) is 4.82. The second kappa shape index (κ2) is 9.65. The lowest BCUT2D eigenvalue weighted by atomic mass is 9.98. The predicted molar refractivity (Wildman–Crippen MR) is 111 cm³/mol. The molecule has 6 heteroatoms. The van der Waals surface area contributed by atoms with E-state index in [0.29, 0.717) is 13.2 Å². The number of phenolic OH excluding ortho intramolecular Hbond substituents is 1. The summed E-state index contributed by atoms with van der Waals surface area (Å²) in [5.74, 6) is 1.49. The molecule has 0 aromatic heterocycles. The van der Waals surface area contributed by atoms with Crippen LogP contribution in [0, 0.1) is 0 Å². The molecule has 1 aliphatic heterocycles. The third-order valence-corrected chi connectivity index (χ3v) is 5.34. The highest BCUT2D eigenvalue weighted by atomic mass is 16.5. The van der Waals surface area contributed by atoms with Crippen LogP contribution in [0.15, 0.2) is 36.4 Å². The average Bonchev–Trinajstić information content (AvgIpc) is 2.75. The number of likely N-dealkylation sites (tertiary alicyclic amines) is 1. The molecule has 2 aromatic carbocycles. The minimum absolute atomic E-state index is 0.183. The number of esters is 1. The number of piperidine rings is 1. The largest absolute Gasteiger partial charge is 0.508 e. The molecule has 1 aliphatic rings. The average molecular weight is 399 g/mol. The maximum Gasteiger partial charge on any atom is 0.323 e. The van der Waals surface area contributed by atoms with Crippen molar-refractivity contribution in [3.63, 3.8) is 0 Å². The Bertz CT molecular complexity index is 851. The van der Waals surface area contributed by atoms with Gasteiger partial charge in [0.2, 0.25) is 0 Å². The van der Waals surface area contributed by atoms with E-state index in [2.05, 4.69) is 4.90 Å². The summed E-state index contributed by atoms with van der Waals surface area (Å²) in [6.45, 7) is 3.48. The van der Waals surface area contributed by atoms with Gasteiger partial charge in [0.25, 0.3) is 0 Å². The number of hydrogen-bond acceptors (Lipinski definition) is 6. The fraction of sp³-hybridized carbons (Fsp3) is 0.435. The zero-order valence-corrected chi connectivity index (χ0v) is 17.3. The Balaban J connectivity index is 1.90. The summed E-state index contributed by atoms with van der Waals surface area (Å²) < 4.78 is 16.1. The van der Waals surface area contributed by atoms with Gasteiger partial charge in [-0.3, -0.25) is 9.69 Å². The highest BCUT2D eigenvalue weighted by Crippen LogP contribution is 2.36. The van der Waals surface area contributed by atoms with E-state index in [1.807, 2.05) is 37.3 Å². The van der Waals surface area contributed by atoms with Crippen LogP contribution >= 0.6 is 0 Å². The van der Waals surface area contributed by atoms with E-state index in [0.717, 1.165) is 54.0 Å². The molecule has 29 heavy (non-hydrogen) atoms. The van der Waals surface area contributed by atoms with E-state index in [-0.39, 0.29) is 17.8 Å². The molecule has 0 unspecified atom stereocenters. The summed E-state index contributed by atoms with van der Waals surface area (Å²) in [7, 11) is 3.25. The minimum Gasteiger partial charge on any atom is -0.508 e. The van der Waals surface area contributed by atoms with Gasteiger partial charge in [-0.1, -0.05) is 12.5 Å². The summed E-state index contributed by atoms with van der Waals surface area (Å²) in [6, 6.07) is 10.9. The van der Waals surface area contributed by atoms with Crippen molar-refractivity contribution in [2.45, 2.75) is 38.8 Å². The zero-order chi connectivity index (χ0) is 20.8. The molecule has 0 aliphatic carbocycles. The highest BCUT2D eigenvalue weighted by molar-refractivity contribution is 5.76. The second-order valence-electron chi connectivity index (χ2n) is 7.14. The number of carbonyl (C=O) groups is 1. The van der Waals surface area contributed by atoms with Crippen LogP contribution in [0.5, 0.6) is 17.2 Å². The fourth-order valence-electron chi connectivity index (χ4n) is 3.82. The standard InChI is InChI=1S/C23H29NO5/c1-4-29-23(26)20-7-5-6-12-24(20)15-17-13-16(8-10-21(17)25)19-14-18(27-2)9-11-22(19)28-3/h8-11,13-14,20,25H,4-7,12,15H2,1-3H3/t20-/m0/s1. The summed E-state index contributed by atoms with van der Waals surface area (Å²) in [4.78, 5) is 14.5. The Labute approximate surface area is 172 Å². The van der Waals surface area contributed by atoms with Crippen molar-refractivity contribution in [1.82, 2.24) is 4.90 Å². The molecule has 0 bridgehead atoms. The first-order valence-electron chi connectivity index (χ1n) is 10.0. The Morgan fingerprint density at radius 2 is 1.97 bits per heavy atom. The van der Waals surface area contributed by atoms with Gasteiger partial charge in [-0.05, 0) is 62.2 Å². The zero-order valence-electron chi connectivity index (χ0n) is 17.3. The SMILES string of the molecule is CCOC(=O)[C@@H]1CCCCN1Cc1cc(-c2cc(OC)ccc2OC)ccc1O. The molecule has 1 saturated heterocycles. The van der Waals surface area contributed by atoms with Crippen LogP contribution in [0.4, 0.5) is 0 Å². The van der Waals surface area contributed by atoms with Crippen LogP contribution < -0.4 is 9.47 Å². The van der Waals surface area contributed by atoms with Gasteiger partial charge in [0.1, 0.15) is 23.3 Å². The van der Waals surface area contributed by atoms with Gasteiger partial charge in [-0.15, -0.1) is 0 Å². The Morgan fingerprint density at radius 3 is 2.69 bits per heavy atom. The van der Waals surface area contributed by atoms with Crippen LogP contribution in [0.1, 0.15) is 31.7 Å². The number of carbonyl (C=O) groups excluding carboxylic acids is 1. The summed E-state index contributed by atoms with van der Waals surface area (Å²) in [6.07, 6.45) is 2.82. The first-order chi connectivity index (χ1) is 14.1. The lowest BCUT2D eigenvalue weighted by Gasteiger charge is -2.34. The van der Waals surface area contributed by atoms with E-state index >= 15 is 0 Å². The molecule has 1 atom stereocenters. The van der Waals surface area contributed by atoms with Crippen molar-refractivity contribution in [1.29, 1.82) is 0 Å². The molecular formula is C23H29NO5. The number of phenols is 1. The number of ether oxygens (including phenoxy) is 3. The molecular weight excluding hydrogens is 370 g/mol. The number of benzene rings is 2.